The lowest BCUT2D eigenvalue weighted by molar-refractivity contribution is -0.201. The van der Waals surface area contributed by atoms with Crippen molar-refractivity contribution in [3.8, 4) is 5.75 Å². The van der Waals surface area contributed by atoms with E-state index in [1.807, 2.05) is 18.2 Å². The van der Waals surface area contributed by atoms with Crippen molar-refractivity contribution in [1.82, 2.24) is 9.80 Å². The number of ketones is 1. The van der Waals surface area contributed by atoms with Gasteiger partial charge in [0.2, 0.25) is 0 Å². The van der Waals surface area contributed by atoms with Crippen LogP contribution in [0.2, 0.25) is 0 Å². The molecule has 1 aromatic carbocycles. The van der Waals surface area contributed by atoms with E-state index in [2.05, 4.69) is 23.6 Å². The lowest BCUT2D eigenvalue weighted by atomic mass is 9.59. The van der Waals surface area contributed by atoms with E-state index in [-0.39, 0.29) is 17.0 Å². The summed E-state index contributed by atoms with van der Waals surface area (Å²) < 4.78 is 0. The largest absolute Gasteiger partial charge is 0.508 e. The topological polar surface area (TPSA) is 43.8 Å². The second-order valence-corrected chi connectivity index (χ2v) is 7.66. The fourth-order valence-corrected chi connectivity index (χ4v) is 5.24. The number of carbonyl (C=O) groups is 1. The second-order valence-electron chi connectivity index (χ2n) is 7.66. The van der Waals surface area contributed by atoms with Crippen molar-refractivity contribution in [2.75, 3.05) is 26.2 Å². The molecule has 5 rings (SSSR count). The van der Waals surface area contributed by atoms with E-state index in [0.717, 1.165) is 44.6 Å². The molecule has 0 spiro atoms. The molecule has 0 radical (unpaired) electrons. The van der Waals surface area contributed by atoms with Crippen molar-refractivity contribution in [3.05, 3.63) is 29.8 Å². The predicted molar refractivity (Wildman–Crippen MR) is 84.4 cm³/mol. The van der Waals surface area contributed by atoms with Gasteiger partial charge in [0.15, 0.2) is 0 Å². The van der Waals surface area contributed by atoms with E-state index in [4.69, 9.17) is 0 Å². The van der Waals surface area contributed by atoms with Gasteiger partial charge < -0.3 is 5.11 Å². The molecule has 1 N–H and O–H groups in total. The number of Topliss-reactive ketones (excluding diaryl/α,β-unsaturated/α-hetero) is 1. The zero-order chi connectivity index (χ0) is 15.5. The maximum absolute atomic E-state index is 13.0. The van der Waals surface area contributed by atoms with E-state index in [1.54, 1.807) is 6.07 Å². The molecule has 22 heavy (non-hydrogen) atoms. The summed E-state index contributed by atoms with van der Waals surface area (Å²) in [6.45, 7) is 7.59. The lowest BCUT2D eigenvalue weighted by Crippen LogP contribution is -2.76. The number of rotatable bonds is 3. The maximum atomic E-state index is 13.0. The average molecular weight is 300 g/mol. The summed E-state index contributed by atoms with van der Waals surface area (Å²) in [5.74, 6) is 0.839. The third-order valence-corrected chi connectivity index (χ3v) is 5.78. The van der Waals surface area contributed by atoms with Crippen LogP contribution >= 0.6 is 0 Å². The number of carbonyl (C=O) groups excluding carboxylic acids is 1. The zero-order valence-corrected chi connectivity index (χ0v) is 13.4. The first-order chi connectivity index (χ1) is 10.5. The molecule has 2 atom stereocenters. The highest BCUT2D eigenvalue weighted by atomic mass is 16.3. The molecule has 0 aromatic heterocycles. The van der Waals surface area contributed by atoms with E-state index in [9.17, 15) is 9.90 Å². The number of phenolic OH excluding ortho intramolecular Hbond substituents is 1. The van der Waals surface area contributed by atoms with Crippen LogP contribution in [0.3, 0.4) is 0 Å². The van der Waals surface area contributed by atoms with E-state index in [1.165, 1.54) is 0 Å². The SMILES string of the molecule is CCCC12CN3CC(C)(CN(C1)C3c1ccccc1O)C2=O. The molecule has 2 unspecified atom stereocenters. The van der Waals surface area contributed by atoms with Crippen LogP contribution in [0.1, 0.15) is 38.4 Å². The number of hydrogen-bond donors (Lipinski definition) is 1. The van der Waals surface area contributed by atoms with Crippen LogP contribution in [0.15, 0.2) is 24.3 Å². The van der Waals surface area contributed by atoms with Gasteiger partial charge in [-0.3, -0.25) is 14.6 Å². The Kier molecular flexibility index (Phi) is 2.94. The molecule has 4 fully saturated rings. The van der Waals surface area contributed by atoms with Gasteiger partial charge in [0.05, 0.1) is 17.0 Å². The van der Waals surface area contributed by atoms with Crippen molar-refractivity contribution >= 4 is 5.78 Å². The summed E-state index contributed by atoms with van der Waals surface area (Å²) in [4.78, 5) is 17.8. The minimum atomic E-state index is -0.243. The van der Waals surface area contributed by atoms with Gasteiger partial charge in [-0.1, -0.05) is 38.5 Å². The van der Waals surface area contributed by atoms with Crippen LogP contribution in [0.5, 0.6) is 5.75 Å². The molecule has 0 amide bonds. The van der Waals surface area contributed by atoms with Gasteiger partial charge in [0.25, 0.3) is 0 Å². The first-order valence-electron chi connectivity index (χ1n) is 8.30. The molecule has 0 aliphatic carbocycles. The Hall–Kier alpha value is -1.39. The Balaban J connectivity index is 1.75. The first-order valence-corrected chi connectivity index (χ1v) is 8.30. The smallest absolute Gasteiger partial charge is 0.150 e. The third kappa shape index (κ3) is 1.74. The summed E-state index contributed by atoms with van der Waals surface area (Å²) in [5, 5.41) is 10.3. The molecule has 4 saturated heterocycles. The molecule has 1 aromatic rings. The normalized spacial score (nSPS) is 42.8. The quantitative estimate of drug-likeness (QED) is 0.931. The Bertz CT molecular complexity index is 611. The van der Waals surface area contributed by atoms with Crippen LogP contribution in [-0.4, -0.2) is 46.9 Å². The molecule has 0 saturated carbocycles. The predicted octanol–water partition coefficient (Wildman–Crippen LogP) is 2.40. The van der Waals surface area contributed by atoms with Gasteiger partial charge in [-0.05, 0) is 12.5 Å². The number of para-hydroxylation sites is 1. The second kappa shape index (κ2) is 4.56. The van der Waals surface area contributed by atoms with Crippen molar-refractivity contribution in [2.24, 2.45) is 10.8 Å². The molecule has 4 aliphatic rings. The fourth-order valence-electron chi connectivity index (χ4n) is 5.24. The molecular weight excluding hydrogens is 276 g/mol. The van der Waals surface area contributed by atoms with Crippen molar-refractivity contribution < 1.29 is 9.90 Å². The molecular formula is C18H24N2O2. The minimum Gasteiger partial charge on any atom is -0.508 e. The minimum absolute atomic E-state index is 0.118. The van der Waals surface area contributed by atoms with Gasteiger partial charge >= 0.3 is 0 Å². The van der Waals surface area contributed by atoms with Crippen molar-refractivity contribution in [2.45, 2.75) is 32.9 Å². The number of phenols is 1. The molecule has 4 aliphatic heterocycles. The summed E-state index contributed by atoms with van der Waals surface area (Å²) in [5.41, 5.74) is 0.539. The van der Waals surface area contributed by atoms with Crippen LogP contribution in [0.4, 0.5) is 0 Å². The maximum Gasteiger partial charge on any atom is 0.150 e. The van der Waals surface area contributed by atoms with Crippen molar-refractivity contribution in [1.29, 1.82) is 0 Å². The first kappa shape index (κ1) is 14.2. The standard InChI is InChI=1S/C18H24N2O2/c1-3-8-18-11-19-9-17(2,16(18)22)10-20(12-18)15(19)13-6-4-5-7-14(13)21/h4-7,15,21H,3,8-12H2,1-2H3. The monoisotopic (exact) mass is 300 g/mol. The van der Waals surface area contributed by atoms with Gasteiger partial charge in [0, 0.05) is 31.7 Å². The molecule has 4 heterocycles. The van der Waals surface area contributed by atoms with Crippen LogP contribution < -0.4 is 0 Å². The van der Waals surface area contributed by atoms with Gasteiger partial charge in [-0.2, -0.15) is 0 Å². The molecule has 118 valence electrons. The fraction of sp³-hybridized carbons (Fsp3) is 0.611. The summed E-state index contributed by atoms with van der Waals surface area (Å²) >= 11 is 0. The van der Waals surface area contributed by atoms with Crippen LogP contribution in [-0.2, 0) is 4.79 Å². The number of benzene rings is 1. The Labute approximate surface area is 131 Å². The Morgan fingerprint density at radius 2 is 1.82 bits per heavy atom. The Morgan fingerprint density at radius 1 is 1.18 bits per heavy atom. The summed E-state index contributed by atoms with van der Waals surface area (Å²) in [6.07, 6.45) is 2.14. The van der Waals surface area contributed by atoms with Gasteiger partial charge in [-0.25, -0.2) is 0 Å². The average Bonchev–Trinajstić information content (AvgIpc) is 2.45. The van der Waals surface area contributed by atoms with Crippen LogP contribution in [0, 0.1) is 10.8 Å². The van der Waals surface area contributed by atoms with Crippen molar-refractivity contribution in [3.63, 3.8) is 0 Å². The molecule has 4 bridgehead atoms. The highest BCUT2D eigenvalue weighted by molar-refractivity contribution is 5.93. The number of aromatic hydroxyl groups is 1. The number of nitrogens with zero attached hydrogens (tertiary/aromatic N) is 2. The zero-order valence-electron chi connectivity index (χ0n) is 13.4. The summed E-state index contributed by atoms with van der Waals surface area (Å²) in [7, 11) is 0. The third-order valence-electron chi connectivity index (χ3n) is 5.78. The van der Waals surface area contributed by atoms with Gasteiger partial charge in [0.1, 0.15) is 11.5 Å². The van der Waals surface area contributed by atoms with E-state index >= 15 is 0 Å². The number of hydrogen-bond acceptors (Lipinski definition) is 4. The molecule has 4 heteroatoms. The van der Waals surface area contributed by atoms with E-state index in [0.29, 0.717) is 11.5 Å². The van der Waals surface area contributed by atoms with Gasteiger partial charge in [-0.15, -0.1) is 0 Å². The number of piperidine rings is 2. The highest BCUT2D eigenvalue weighted by Crippen LogP contribution is 2.54. The van der Waals surface area contributed by atoms with Crippen LogP contribution in [0.25, 0.3) is 0 Å². The lowest BCUT2D eigenvalue weighted by Gasteiger charge is -2.65. The Morgan fingerprint density at radius 3 is 2.41 bits per heavy atom. The van der Waals surface area contributed by atoms with E-state index < -0.39 is 0 Å². The highest BCUT2D eigenvalue weighted by Gasteiger charge is 2.63. The summed E-state index contributed by atoms with van der Waals surface area (Å²) in [6, 6.07) is 7.62. The molecule has 4 nitrogen and oxygen atoms in total.